The van der Waals surface area contributed by atoms with Crippen LogP contribution in [0.1, 0.15) is 44.1 Å². The van der Waals surface area contributed by atoms with Crippen molar-refractivity contribution in [2.45, 2.75) is 56.4 Å². The monoisotopic (exact) mass is 379 g/mol. The molecule has 2 fully saturated rings. The third-order valence-corrected chi connectivity index (χ3v) is 7.42. The summed E-state index contributed by atoms with van der Waals surface area (Å²) in [6, 6.07) is 9.44. The maximum absolute atomic E-state index is 12.6. The number of carbonyl (C=O) groups excluding carboxylic acids is 1. The van der Waals surface area contributed by atoms with E-state index in [2.05, 4.69) is 5.32 Å². The zero-order valence-corrected chi connectivity index (χ0v) is 16.0. The number of nitrogens with zero attached hydrogens (tertiary/aromatic N) is 1. The Morgan fingerprint density at radius 2 is 1.81 bits per heavy atom. The lowest BCUT2D eigenvalue weighted by atomic mass is 9.99. The van der Waals surface area contributed by atoms with Crippen molar-refractivity contribution in [3.8, 4) is 0 Å². The fourth-order valence-corrected chi connectivity index (χ4v) is 5.56. The number of sulfonamides is 1. The molecule has 1 heterocycles. The zero-order chi connectivity index (χ0) is 18.6. The van der Waals surface area contributed by atoms with Crippen LogP contribution in [0.5, 0.6) is 0 Å². The maximum atomic E-state index is 12.6. The van der Waals surface area contributed by atoms with Crippen LogP contribution >= 0.6 is 0 Å². The van der Waals surface area contributed by atoms with Gasteiger partial charge in [0.1, 0.15) is 0 Å². The molecule has 3 N–H and O–H groups in total. The molecule has 144 valence electrons. The van der Waals surface area contributed by atoms with Gasteiger partial charge in [0.15, 0.2) is 0 Å². The Balaban J connectivity index is 1.45. The highest BCUT2D eigenvalue weighted by molar-refractivity contribution is 7.88. The predicted octanol–water partition coefficient (Wildman–Crippen LogP) is 1.61. The summed E-state index contributed by atoms with van der Waals surface area (Å²) >= 11 is 0. The van der Waals surface area contributed by atoms with Gasteiger partial charge in [0.05, 0.1) is 5.75 Å². The van der Waals surface area contributed by atoms with E-state index in [1.54, 1.807) is 4.31 Å². The molecule has 1 aliphatic carbocycles. The number of nitrogens with two attached hydrogens (primary N) is 1. The van der Waals surface area contributed by atoms with E-state index in [-0.39, 0.29) is 23.7 Å². The van der Waals surface area contributed by atoms with E-state index in [0.29, 0.717) is 38.3 Å². The molecular formula is C19H29N3O3S. The van der Waals surface area contributed by atoms with Gasteiger partial charge in [0.2, 0.25) is 15.9 Å². The second kappa shape index (κ2) is 8.50. The van der Waals surface area contributed by atoms with Crippen LogP contribution < -0.4 is 11.1 Å². The van der Waals surface area contributed by atoms with Crippen molar-refractivity contribution >= 4 is 15.9 Å². The van der Waals surface area contributed by atoms with E-state index in [9.17, 15) is 13.2 Å². The quantitative estimate of drug-likeness (QED) is 0.785. The first-order valence-electron chi connectivity index (χ1n) is 9.51. The summed E-state index contributed by atoms with van der Waals surface area (Å²) in [5, 5.41) is 3.07. The van der Waals surface area contributed by atoms with Crippen molar-refractivity contribution in [3.63, 3.8) is 0 Å². The average Bonchev–Trinajstić information content (AvgIpc) is 3.00. The number of nitrogens with one attached hydrogen (secondary N) is 1. The summed E-state index contributed by atoms with van der Waals surface area (Å²) in [5.41, 5.74) is 6.84. The number of benzene rings is 1. The van der Waals surface area contributed by atoms with Gasteiger partial charge in [-0.05, 0) is 37.2 Å². The van der Waals surface area contributed by atoms with E-state index in [1.807, 2.05) is 30.3 Å². The van der Waals surface area contributed by atoms with Crippen molar-refractivity contribution in [1.29, 1.82) is 0 Å². The molecule has 0 aromatic heterocycles. The molecule has 0 radical (unpaired) electrons. The zero-order valence-electron chi connectivity index (χ0n) is 15.1. The van der Waals surface area contributed by atoms with Crippen LogP contribution in [0.3, 0.4) is 0 Å². The summed E-state index contributed by atoms with van der Waals surface area (Å²) in [6.07, 6.45) is 4.97. The molecule has 2 aliphatic rings. The van der Waals surface area contributed by atoms with Crippen molar-refractivity contribution in [2.24, 2.45) is 11.7 Å². The van der Waals surface area contributed by atoms with Gasteiger partial charge in [-0.2, -0.15) is 0 Å². The standard InChI is InChI=1S/C19H29N3O3S/c20-18-8-4-7-16(18)13-19(23)21-17-9-11-22(12-10-17)26(24,25)14-15-5-2-1-3-6-15/h1-3,5-6,16-18H,4,7-14,20H2,(H,21,23)/t16-,18+/m0/s1. The largest absolute Gasteiger partial charge is 0.353 e. The van der Waals surface area contributed by atoms with Gasteiger partial charge < -0.3 is 11.1 Å². The van der Waals surface area contributed by atoms with Crippen molar-refractivity contribution in [3.05, 3.63) is 35.9 Å². The van der Waals surface area contributed by atoms with E-state index in [1.165, 1.54) is 0 Å². The SMILES string of the molecule is N[C@@H]1CCC[C@H]1CC(=O)NC1CCN(S(=O)(=O)Cc2ccccc2)CC1. The second-order valence-electron chi connectivity index (χ2n) is 7.54. The van der Waals surface area contributed by atoms with E-state index in [0.717, 1.165) is 24.8 Å². The van der Waals surface area contributed by atoms with Gasteiger partial charge in [-0.1, -0.05) is 36.8 Å². The summed E-state index contributed by atoms with van der Waals surface area (Å²) in [4.78, 5) is 12.2. The summed E-state index contributed by atoms with van der Waals surface area (Å²) in [5.74, 6) is 0.379. The van der Waals surface area contributed by atoms with E-state index >= 15 is 0 Å². The Morgan fingerprint density at radius 3 is 2.42 bits per heavy atom. The minimum atomic E-state index is -3.31. The normalized spacial score (nSPS) is 25.3. The van der Waals surface area contributed by atoms with E-state index < -0.39 is 10.0 Å². The molecule has 7 heteroatoms. The van der Waals surface area contributed by atoms with Gasteiger partial charge in [-0.15, -0.1) is 0 Å². The lowest BCUT2D eigenvalue weighted by Crippen LogP contribution is -2.47. The van der Waals surface area contributed by atoms with Crippen LogP contribution in [0.4, 0.5) is 0 Å². The molecule has 0 unspecified atom stereocenters. The van der Waals surface area contributed by atoms with Crippen LogP contribution in [0.2, 0.25) is 0 Å². The van der Waals surface area contributed by atoms with Crippen LogP contribution in [0.25, 0.3) is 0 Å². The summed E-state index contributed by atoms with van der Waals surface area (Å²) in [7, 11) is -3.31. The van der Waals surface area contributed by atoms with Crippen LogP contribution in [0.15, 0.2) is 30.3 Å². The first kappa shape index (κ1) is 19.3. The highest BCUT2D eigenvalue weighted by Gasteiger charge is 2.30. The van der Waals surface area contributed by atoms with Gasteiger partial charge in [0.25, 0.3) is 0 Å². The molecule has 3 rings (SSSR count). The number of rotatable bonds is 6. The van der Waals surface area contributed by atoms with Crippen LogP contribution in [0, 0.1) is 5.92 Å². The summed E-state index contributed by atoms with van der Waals surface area (Å²) in [6.45, 7) is 0.923. The predicted molar refractivity (Wildman–Crippen MR) is 102 cm³/mol. The Kier molecular flexibility index (Phi) is 6.32. The molecule has 1 saturated heterocycles. The average molecular weight is 380 g/mol. The molecule has 1 aromatic rings. The second-order valence-corrected chi connectivity index (χ2v) is 9.51. The third-order valence-electron chi connectivity index (χ3n) is 5.57. The molecule has 2 atom stereocenters. The Bertz CT molecular complexity index is 700. The lowest BCUT2D eigenvalue weighted by Gasteiger charge is -2.32. The topological polar surface area (TPSA) is 92.5 Å². The number of hydrogen-bond donors (Lipinski definition) is 2. The molecular weight excluding hydrogens is 350 g/mol. The number of carbonyl (C=O) groups is 1. The van der Waals surface area contributed by atoms with Crippen LogP contribution in [-0.4, -0.2) is 43.8 Å². The number of amides is 1. The highest BCUT2D eigenvalue weighted by atomic mass is 32.2. The molecule has 6 nitrogen and oxygen atoms in total. The molecule has 1 saturated carbocycles. The van der Waals surface area contributed by atoms with Gasteiger partial charge in [0, 0.05) is 31.6 Å². The highest BCUT2D eigenvalue weighted by Crippen LogP contribution is 2.27. The van der Waals surface area contributed by atoms with Gasteiger partial charge in [-0.3, -0.25) is 4.79 Å². The minimum Gasteiger partial charge on any atom is -0.353 e. The van der Waals surface area contributed by atoms with Gasteiger partial charge >= 0.3 is 0 Å². The summed E-state index contributed by atoms with van der Waals surface area (Å²) < 4.78 is 26.7. The molecule has 1 aliphatic heterocycles. The molecule has 0 bridgehead atoms. The smallest absolute Gasteiger partial charge is 0.220 e. The van der Waals surface area contributed by atoms with Crippen molar-refractivity contribution in [1.82, 2.24) is 9.62 Å². The Morgan fingerprint density at radius 1 is 1.12 bits per heavy atom. The minimum absolute atomic E-state index is 0.0322. The molecule has 1 amide bonds. The maximum Gasteiger partial charge on any atom is 0.220 e. The third kappa shape index (κ3) is 5.05. The fraction of sp³-hybridized carbons (Fsp3) is 0.632. The van der Waals surface area contributed by atoms with Gasteiger partial charge in [-0.25, -0.2) is 12.7 Å². The Hall–Kier alpha value is -1.44. The first-order chi connectivity index (χ1) is 12.4. The molecule has 0 spiro atoms. The first-order valence-corrected chi connectivity index (χ1v) is 11.1. The van der Waals surface area contributed by atoms with Crippen molar-refractivity contribution < 1.29 is 13.2 Å². The fourth-order valence-electron chi connectivity index (χ4n) is 4.00. The number of piperidine rings is 1. The molecule has 26 heavy (non-hydrogen) atoms. The number of hydrogen-bond acceptors (Lipinski definition) is 4. The van der Waals surface area contributed by atoms with Crippen LogP contribution in [-0.2, 0) is 20.6 Å². The lowest BCUT2D eigenvalue weighted by molar-refractivity contribution is -0.123. The van der Waals surface area contributed by atoms with Crippen molar-refractivity contribution in [2.75, 3.05) is 13.1 Å². The van der Waals surface area contributed by atoms with E-state index in [4.69, 9.17) is 5.73 Å². The Labute approximate surface area is 156 Å². The molecule has 1 aromatic carbocycles.